The second kappa shape index (κ2) is 6.65. The quantitative estimate of drug-likeness (QED) is 0.797. The van der Waals surface area contributed by atoms with Crippen LogP contribution < -0.4 is 5.73 Å². The maximum absolute atomic E-state index is 12.1. The summed E-state index contributed by atoms with van der Waals surface area (Å²) >= 11 is 0. The largest absolute Gasteiger partial charge is 0.394 e. The van der Waals surface area contributed by atoms with E-state index >= 15 is 0 Å². The first-order chi connectivity index (χ1) is 9.22. The lowest BCUT2D eigenvalue weighted by molar-refractivity contribution is -0.139. The fourth-order valence-corrected chi connectivity index (χ4v) is 2.14. The lowest BCUT2D eigenvalue weighted by Gasteiger charge is -2.32. The predicted molar refractivity (Wildman–Crippen MR) is 71.4 cm³/mol. The van der Waals surface area contributed by atoms with Gasteiger partial charge in [-0.1, -0.05) is 24.3 Å². The van der Waals surface area contributed by atoms with Gasteiger partial charge in [-0.05, 0) is 11.1 Å². The zero-order valence-electron chi connectivity index (χ0n) is 10.9. The highest BCUT2D eigenvalue weighted by atomic mass is 16.5. The van der Waals surface area contributed by atoms with Gasteiger partial charge in [-0.2, -0.15) is 0 Å². The van der Waals surface area contributed by atoms with Gasteiger partial charge in [-0.25, -0.2) is 0 Å². The van der Waals surface area contributed by atoms with E-state index in [9.17, 15) is 4.79 Å². The van der Waals surface area contributed by atoms with Gasteiger partial charge in [-0.3, -0.25) is 4.79 Å². The molecular weight excluding hydrogens is 244 g/mol. The topological polar surface area (TPSA) is 75.8 Å². The average Bonchev–Trinajstić information content (AvgIpc) is 2.48. The molecule has 1 unspecified atom stereocenters. The number of nitrogens with two attached hydrogens (primary N) is 1. The molecule has 2 rings (SSSR count). The smallest absolute Gasteiger partial charge is 0.227 e. The molecular formula is C14H20N2O3. The normalized spacial score (nSPS) is 19.5. The molecule has 0 aliphatic carbocycles. The Labute approximate surface area is 113 Å². The molecule has 0 spiro atoms. The average molecular weight is 264 g/mol. The van der Waals surface area contributed by atoms with Crippen molar-refractivity contribution in [3.8, 4) is 0 Å². The van der Waals surface area contributed by atoms with Crippen LogP contribution in [-0.2, 0) is 22.5 Å². The summed E-state index contributed by atoms with van der Waals surface area (Å²) in [4.78, 5) is 13.9. The van der Waals surface area contributed by atoms with Gasteiger partial charge in [0, 0.05) is 19.6 Å². The van der Waals surface area contributed by atoms with Crippen LogP contribution >= 0.6 is 0 Å². The SMILES string of the molecule is NCc1ccc(CC(=O)N2CCOC(CO)C2)cc1. The zero-order chi connectivity index (χ0) is 13.7. The Kier molecular flexibility index (Phi) is 4.90. The number of ether oxygens (including phenoxy) is 1. The van der Waals surface area contributed by atoms with Crippen LogP contribution in [0.2, 0.25) is 0 Å². The van der Waals surface area contributed by atoms with Crippen LogP contribution in [0.4, 0.5) is 0 Å². The molecule has 1 atom stereocenters. The van der Waals surface area contributed by atoms with E-state index in [1.807, 2.05) is 24.3 Å². The molecule has 1 fully saturated rings. The third-order valence-electron chi connectivity index (χ3n) is 3.31. The molecule has 1 aliphatic heterocycles. The number of morpholine rings is 1. The second-order valence-corrected chi connectivity index (χ2v) is 4.71. The van der Waals surface area contributed by atoms with Gasteiger partial charge in [0.05, 0.1) is 25.7 Å². The number of amides is 1. The minimum absolute atomic E-state index is 0.0466. The van der Waals surface area contributed by atoms with Gasteiger partial charge in [0.25, 0.3) is 0 Å². The van der Waals surface area contributed by atoms with E-state index in [0.29, 0.717) is 32.7 Å². The zero-order valence-corrected chi connectivity index (χ0v) is 10.9. The summed E-state index contributed by atoms with van der Waals surface area (Å²) in [7, 11) is 0. The molecule has 1 heterocycles. The molecule has 104 valence electrons. The van der Waals surface area contributed by atoms with E-state index in [1.165, 1.54) is 0 Å². The van der Waals surface area contributed by atoms with Crippen molar-refractivity contribution in [1.29, 1.82) is 0 Å². The molecule has 1 aromatic carbocycles. The van der Waals surface area contributed by atoms with Gasteiger partial charge in [0.15, 0.2) is 0 Å². The highest BCUT2D eigenvalue weighted by Crippen LogP contribution is 2.10. The maximum atomic E-state index is 12.1. The van der Waals surface area contributed by atoms with Crippen molar-refractivity contribution in [2.45, 2.75) is 19.1 Å². The summed E-state index contributed by atoms with van der Waals surface area (Å²) in [6.45, 7) is 2.01. The molecule has 0 saturated carbocycles. The van der Waals surface area contributed by atoms with Crippen molar-refractivity contribution in [1.82, 2.24) is 4.90 Å². The Morgan fingerprint density at radius 2 is 2.05 bits per heavy atom. The first kappa shape index (κ1) is 14.0. The molecule has 19 heavy (non-hydrogen) atoms. The number of hydrogen-bond donors (Lipinski definition) is 2. The van der Waals surface area contributed by atoms with E-state index in [1.54, 1.807) is 4.90 Å². The number of aliphatic hydroxyl groups is 1. The standard InChI is InChI=1S/C14H20N2O3/c15-8-12-3-1-11(2-4-12)7-14(18)16-5-6-19-13(9-16)10-17/h1-4,13,17H,5-10,15H2. The third kappa shape index (κ3) is 3.76. The monoisotopic (exact) mass is 264 g/mol. The molecule has 1 aliphatic rings. The molecule has 1 aromatic rings. The third-order valence-corrected chi connectivity index (χ3v) is 3.31. The Hall–Kier alpha value is -1.43. The lowest BCUT2D eigenvalue weighted by atomic mass is 10.1. The molecule has 0 aromatic heterocycles. The van der Waals surface area contributed by atoms with Crippen LogP contribution in [0.15, 0.2) is 24.3 Å². The highest BCUT2D eigenvalue weighted by Gasteiger charge is 2.23. The Morgan fingerprint density at radius 3 is 2.68 bits per heavy atom. The van der Waals surface area contributed by atoms with Crippen LogP contribution in [0, 0.1) is 0 Å². The molecule has 0 bridgehead atoms. The highest BCUT2D eigenvalue weighted by molar-refractivity contribution is 5.78. The Morgan fingerprint density at radius 1 is 1.37 bits per heavy atom. The number of nitrogens with zero attached hydrogens (tertiary/aromatic N) is 1. The predicted octanol–water partition coefficient (Wildman–Crippen LogP) is -0.0925. The summed E-state index contributed by atoms with van der Waals surface area (Å²) in [6.07, 6.45) is 0.125. The van der Waals surface area contributed by atoms with Crippen LogP contribution in [0.25, 0.3) is 0 Å². The van der Waals surface area contributed by atoms with E-state index in [4.69, 9.17) is 15.6 Å². The molecule has 5 nitrogen and oxygen atoms in total. The van der Waals surface area contributed by atoms with Crippen molar-refractivity contribution in [2.75, 3.05) is 26.3 Å². The van der Waals surface area contributed by atoms with E-state index < -0.39 is 0 Å². The minimum Gasteiger partial charge on any atom is -0.394 e. The van der Waals surface area contributed by atoms with Crippen molar-refractivity contribution >= 4 is 5.91 Å². The number of carbonyl (C=O) groups excluding carboxylic acids is 1. The van der Waals surface area contributed by atoms with Crippen molar-refractivity contribution in [3.05, 3.63) is 35.4 Å². The summed E-state index contributed by atoms with van der Waals surface area (Å²) < 4.78 is 5.33. The van der Waals surface area contributed by atoms with Crippen LogP contribution in [0.5, 0.6) is 0 Å². The molecule has 5 heteroatoms. The van der Waals surface area contributed by atoms with Crippen LogP contribution in [-0.4, -0.2) is 48.3 Å². The first-order valence-corrected chi connectivity index (χ1v) is 6.51. The molecule has 1 saturated heterocycles. The lowest BCUT2D eigenvalue weighted by Crippen LogP contribution is -2.47. The summed E-state index contributed by atoms with van der Waals surface area (Å²) in [5.74, 6) is 0.0715. The number of rotatable bonds is 4. The van der Waals surface area contributed by atoms with E-state index in [2.05, 4.69) is 0 Å². The van der Waals surface area contributed by atoms with Crippen LogP contribution in [0.1, 0.15) is 11.1 Å². The summed E-state index contributed by atoms with van der Waals surface area (Å²) in [5.41, 5.74) is 7.57. The first-order valence-electron chi connectivity index (χ1n) is 6.51. The van der Waals surface area contributed by atoms with Gasteiger partial charge in [0.2, 0.25) is 5.91 Å². The fraction of sp³-hybridized carbons (Fsp3) is 0.500. The van der Waals surface area contributed by atoms with Gasteiger partial charge >= 0.3 is 0 Å². The molecule has 3 N–H and O–H groups in total. The molecule has 1 amide bonds. The van der Waals surface area contributed by atoms with Gasteiger partial charge in [-0.15, -0.1) is 0 Å². The Balaban J connectivity index is 1.92. The van der Waals surface area contributed by atoms with Crippen molar-refractivity contribution < 1.29 is 14.6 Å². The number of carbonyl (C=O) groups is 1. The van der Waals surface area contributed by atoms with Gasteiger partial charge in [0.1, 0.15) is 0 Å². The van der Waals surface area contributed by atoms with Crippen LogP contribution in [0.3, 0.4) is 0 Å². The van der Waals surface area contributed by atoms with Crippen molar-refractivity contribution in [3.63, 3.8) is 0 Å². The number of aliphatic hydroxyl groups excluding tert-OH is 1. The minimum atomic E-state index is -0.252. The Bertz CT molecular complexity index is 419. The van der Waals surface area contributed by atoms with E-state index in [-0.39, 0.29) is 18.6 Å². The summed E-state index contributed by atoms with van der Waals surface area (Å²) in [5, 5.41) is 9.06. The molecule has 0 radical (unpaired) electrons. The fourth-order valence-electron chi connectivity index (χ4n) is 2.14. The van der Waals surface area contributed by atoms with E-state index in [0.717, 1.165) is 11.1 Å². The van der Waals surface area contributed by atoms with Crippen molar-refractivity contribution in [2.24, 2.45) is 5.73 Å². The summed E-state index contributed by atoms with van der Waals surface area (Å²) in [6, 6.07) is 7.76. The van der Waals surface area contributed by atoms with Gasteiger partial charge < -0.3 is 20.5 Å². The maximum Gasteiger partial charge on any atom is 0.227 e. The number of benzene rings is 1. The number of hydrogen-bond acceptors (Lipinski definition) is 4. The second-order valence-electron chi connectivity index (χ2n) is 4.71.